The van der Waals surface area contributed by atoms with Gasteiger partial charge in [-0.05, 0) is 49.3 Å². The Hall–Kier alpha value is -1.13. The zero-order chi connectivity index (χ0) is 11.3. The van der Waals surface area contributed by atoms with Crippen molar-refractivity contribution in [3.8, 4) is 0 Å². The summed E-state index contributed by atoms with van der Waals surface area (Å²) in [7, 11) is 0. The van der Waals surface area contributed by atoms with Crippen LogP contribution in [0.2, 0.25) is 0 Å². The molecule has 0 unspecified atom stereocenters. The topological polar surface area (TPSA) is 44.3 Å². The molecule has 0 bridgehead atoms. The molecule has 0 fully saturated rings. The highest BCUT2D eigenvalue weighted by molar-refractivity contribution is 7.80. The Labute approximate surface area is 95.5 Å². The lowest BCUT2D eigenvalue weighted by molar-refractivity contribution is 0.301. The molecule has 82 valence electrons. The van der Waals surface area contributed by atoms with Crippen LogP contribution < -0.4 is 10.6 Å². The quantitative estimate of drug-likeness (QED) is 0.682. The van der Waals surface area contributed by atoms with Crippen molar-refractivity contribution in [2.24, 2.45) is 0 Å². The first-order valence-corrected chi connectivity index (χ1v) is 5.26. The SMILES string of the molecule is Cc1cc(C)cc(NC(=S)NCCO)c1. The maximum absolute atomic E-state index is 8.62. The summed E-state index contributed by atoms with van der Waals surface area (Å²) in [5, 5.41) is 15.1. The van der Waals surface area contributed by atoms with Crippen LogP contribution >= 0.6 is 12.2 Å². The van der Waals surface area contributed by atoms with Crippen LogP contribution in [-0.4, -0.2) is 23.4 Å². The molecule has 15 heavy (non-hydrogen) atoms. The summed E-state index contributed by atoms with van der Waals surface area (Å²) in [5.74, 6) is 0. The number of hydrogen-bond acceptors (Lipinski definition) is 2. The summed E-state index contributed by atoms with van der Waals surface area (Å²) < 4.78 is 0. The van der Waals surface area contributed by atoms with E-state index in [0.29, 0.717) is 11.7 Å². The van der Waals surface area contributed by atoms with E-state index in [-0.39, 0.29) is 6.61 Å². The summed E-state index contributed by atoms with van der Waals surface area (Å²) in [6.07, 6.45) is 0. The highest BCUT2D eigenvalue weighted by atomic mass is 32.1. The molecular weight excluding hydrogens is 208 g/mol. The minimum atomic E-state index is 0.0780. The van der Waals surface area contributed by atoms with E-state index >= 15 is 0 Å². The lowest BCUT2D eigenvalue weighted by atomic mass is 10.1. The van der Waals surface area contributed by atoms with Crippen molar-refractivity contribution < 1.29 is 5.11 Å². The van der Waals surface area contributed by atoms with Crippen molar-refractivity contribution in [3.05, 3.63) is 29.3 Å². The third kappa shape index (κ3) is 4.27. The second kappa shape index (κ2) is 5.68. The van der Waals surface area contributed by atoms with Crippen LogP contribution in [0.4, 0.5) is 5.69 Å². The predicted octanol–water partition coefficient (Wildman–Crippen LogP) is 1.58. The first-order chi connectivity index (χ1) is 7.11. The Kier molecular flexibility index (Phi) is 4.52. The molecule has 4 heteroatoms. The van der Waals surface area contributed by atoms with Crippen molar-refractivity contribution in [1.82, 2.24) is 5.32 Å². The maximum atomic E-state index is 8.62. The first kappa shape index (κ1) is 11.9. The normalized spacial score (nSPS) is 9.80. The number of rotatable bonds is 3. The smallest absolute Gasteiger partial charge is 0.170 e. The van der Waals surface area contributed by atoms with Crippen molar-refractivity contribution in [3.63, 3.8) is 0 Å². The van der Waals surface area contributed by atoms with E-state index in [2.05, 4.69) is 16.7 Å². The average molecular weight is 224 g/mol. The lowest BCUT2D eigenvalue weighted by Gasteiger charge is -2.10. The number of hydrogen-bond donors (Lipinski definition) is 3. The second-order valence-electron chi connectivity index (χ2n) is 3.48. The standard InChI is InChI=1S/C11H16N2OS/c1-8-5-9(2)7-10(6-8)13-11(15)12-3-4-14/h5-7,14H,3-4H2,1-2H3,(H2,12,13,15). The van der Waals surface area contributed by atoms with Crippen molar-refractivity contribution >= 4 is 23.0 Å². The Morgan fingerprint density at radius 2 is 1.87 bits per heavy atom. The molecule has 0 radical (unpaired) electrons. The van der Waals surface area contributed by atoms with E-state index in [4.69, 9.17) is 17.3 Å². The minimum absolute atomic E-state index is 0.0780. The molecule has 0 saturated heterocycles. The fourth-order valence-corrected chi connectivity index (χ4v) is 1.61. The van der Waals surface area contributed by atoms with Crippen LogP contribution in [0.3, 0.4) is 0 Å². The summed E-state index contributed by atoms with van der Waals surface area (Å²) in [6, 6.07) is 6.16. The van der Waals surface area contributed by atoms with Crippen molar-refractivity contribution in [2.75, 3.05) is 18.5 Å². The van der Waals surface area contributed by atoms with E-state index in [1.807, 2.05) is 26.0 Å². The first-order valence-electron chi connectivity index (χ1n) is 4.86. The van der Waals surface area contributed by atoms with Gasteiger partial charge in [0.05, 0.1) is 6.61 Å². The van der Waals surface area contributed by atoms with Gasteiger partial charge < -0.3 is 15.7 Å². The summed E-state index contributed by atoms with van der Waals surface area (Å²) in [6.45, 7) is 4.63. The number of benzene rings is 1. The van der Waals surface area contributed by atoms with Gasteiger partial charge in [-0.1, -0.05) is 6.07 Å². The zero-order valence-electron chi connectivity index (χ0n) is 9.00. The minimum Gasteiger partial charge on any atom is -0.395 e. The van der Waals surface area contributed by atoms with E-state index in [9.17, 15) is 0 Å². The Morgan fingerprint density at radius 1 is 1.27 bits per heavy atom. The Balaban J connectivity index is 2.60. The van der Waals surface area contributed by atoms with Crippen molar-refractivity contribution in [1.29, 1.82) is 0 Å². The van der Waals surface area contributed by atoms with Gasteiger partial charge in [0, 0.05) is 12.2 Å². The molecule has 3 N–H and O–H groups in total. The molecular formula is C11H16N2OS. The van der Waals surface area contributed by atoms with Gasteiger partial charge in [-0.2, -0.15) is 0 Å². The largest absolute Gasteiger partial charge is 0.395 e. The summed E-state index contributed by atoms with van der Waals surface area (Å²) >= 11 is 5.05. The number of aliphatic hydroxyl groups excluding tert-OH is 1. The van der Waals surface area contributed by atoms with E-state index < -0.39 is 0 Å². The highest BCUT2D eigenvalue weighted by Crippen LogP contribution is 2.13. The number of aliphatic hydroxyl groups is 1. The zero-order valence-corrected chi connectivity index (χ0v) is 9.82. The molecule has 1 aromatic carbocycles. The highest BCUT2D eigenvalue weighted by Gasteiger charge is 1.98. The molecule has 0 aliphatic rings. The summed E-state index contributed by atoms with van der Waals surface area (Å²) in [5.41, 5.74) is 3.37. The van der Waals surface area contributed by atoms with Crippen LogP contribution in [0.1, 0.15) is 11.1 Å². The van der Waals surface area contributed by atoms with Gasteiger partial charge >= 0.3 is 0 Å². The van der Waals surface area contributed by atoms with Gasteiger partial charge in [0.15, 0.2) is 5.11 Å². The van der Waals surface area contributed by atoms with Gasteiger partial charge in [-0.15, -0.1) is 0 Å². The molecule has 0 spiro atoms. The monoisotopic (exact) mass is 224 g/mol. The Morgan fingerprint density at radius 3 is 2.40 bits per heavy atom. The van der Waals surface area contributed by atoms with Gasteiger partial charge in [-0.3, -0.25) is 0 Å². The van der Waals surface area contributed by atoms with Crippen LogP contribution in [0.5, 0.6) is 0 Å². The molecule has 0 heterocycles. The van der Waals surface area contributed by atoms with Crippen molar-refractivity contribution in [2.45, 2.75) is 13.8 Å². The van der Waals surface area contributed by atoms with Gasteiger partial charge in [0.2, 0.25) is 0 Å². The van der Waals surface area contributed by atoms with Gasteiger partial charge in [0.1, 0.15) is 0 Å². The van der Waals surface area contributed by atoms with Gasteiger partial charge in [-0.25, -0.2) is 0 Å². The molecule has 0 aromatic heterocycles. The fourth-order valence-electron chi connectivity index (χ4n) is 1.39. The molecule has 0 aliphatic heterocycles. The molecule has 0 amide bonds. The van der Waals surface area contributed by atoms with E-state index in [0.717, 1.165) is 5.69 Å². The molecule has 3 nitrogen and oxygen atoms in total. The average Bonchev–Trinajstić information content (AvgIpc) is 2.13. The van der Waals surface area contributed by atoms with Crippen LogP contribution in [0, 0.1) is 13.8 Å². The van der Waals surface area contributed by atoms with Crippen LogP contribution in [0.15, 0.2) is 18.2 Å². The van der Waals surface area contributed by atoms with Crippen LogP contribution in [0.25, 0.3) is 0 Å². The number of nitrogens with one attached hydrogen (secondary N) is 2. The van der Waals surface area contributed by atoms with Gasteiger partial charge in [0.25, 0.3) is 0 Å². The summed E-state index contributed by atoms with van der Waals surface area (Å²) in [4.78, 5) is 0. The number of anilines is 1. The third-order valence-electron chi connectivity index (χ3n) is 1.88. The second-order valence-corrected chi connectivity index (χ2v) is 3.89. The van der Waals surface area contributed by atoms with Crippen LogP contribution in [-0.2, 0) is 0 Å². The molecule has 0 atom stereocenters. The predicted molar refractivity (Wildman–Crippen MR) is 67.2 cm³/mol. The fraction of sp³-hybridized carbons (Fsp3) is 0.364. The number of thiocarbonyl (C=S) groups is 1. The van der Waals surface area contributed by atoms with E-state index in [1.54, 1.807) is 0 Å². The number of aryl methyl sites for hydroxylation is 2. The van der Waals surface area contributed by atoms with E-state index in [1.165, 1.54) is 11.1 Å². The molecule has 1 rings (SSSR count). The lowest BCUT2D eigenvalue weighted by Crippen LogP contribution is -2.30. The third-order valence-corrected chi connectivity index (χ3v) is 2.12. The maximum Gasteiger partial charge on any atom is 0.170 e. The molecule has 0 saturated carbocycles. The molecule has 0 aliphatic carbocycles. The molecule has 1 aromatic rings. The Bertz CT molecular complexity index is 332.